The molecule has 164 valence electrons. The van der Waals surface area contributed by atoms with Crippen molar-refractivity contribution >= 4 is 17.4 Å². The molecule has 33 heavy (non-hydrogen) atoms. The van der Waals surface area contributed by atoms with E-state index in [1.54, 1.807) is 27.7 Å². The highest BCUT2D eigenvalue weighted by Crippen LogP contribution is 2.30. The first kappa shape index (κ1) is 20.6. The van der Waals surface area contributed by atoms with Gasteiger partial charge in [-0.25, -0.2) is 9.50 Å². The summed E-state index contributed by atoms with van der Waals surface area (Å²) in [5, 5.41) is 12.2. The molecule has 0 bridgehead atoms. The van der Waals surface area contributed by atoms with Crippen LogP contribution in [0.1, 0.15) is 28.5 Å². The summed E-state index contributed by atoms with van der Waals surface area (Å²) >= 11 is 0. The third kappa shape index (κ3) is 4.10. The summed E-state index contributed by atoms with van der Waals surface area (Å²) in [5.41, 5.74) is 6.82. The summed E-state index contributed by atoms with van der Waals surface area (Å²) in [6.07, 6.45) is 6.23. The smallest absolute Gasteiger partial charge is 0.275 e. The van der Waals surface area contributed by atoms with Gasteiger partial charge < -0.3 is 5.32 Å². The molecule has 0 aliphatic carbocycles. The lowest BCUT2D eigenvalue weighted by Gasteiger charge is -2.03. The van der Waals surface area contributed by atoms with Crippen LogP contribution in [-0.2, 0) is 13.5 Å². The summed E-state index contributed by atoms with van der Waals surface area (Å²) in [4.78, 5) is 21.2. The number of pyridine rings is 1. The third-order valence-corrected chi connectivity index (χ3v) is 5.46. The average Bonchev–Trinajstić information content (AvgIpc) is 3.41. The molecule has 1 aromatic carbocycles. The van der Waals surface area contributed by atoms with Crippen molar-refractivity contribution in [3.05, 3.63) is 83.9 Å². The Kier molecular flexibility index (Phi) is 5.18. The van der Waals surface area contributed by atoms with Gasteiger partial charge >= 0.3 is 0 Å². The lowest BCUT2D eigenvalue weighted by molar-refractivity contribution is 0.102. The highest BCUT2D eigenvalue weighted by Gasteiger charge is 2.15. The van der Waals surface area contributed by atoms with E-state index in [1.807, 2.05) is 38.4 Å². The van der Waals surface area contributed by atoms with Crippen molar-refractivity contribution in [3.8, 4) is 22.5 Å². The van der Waals surface area contributed by atoms with Crippen molar-refractivity contribution in [1.82, 2.24) is 29.4 Å². The molecular weight excluding hydrogens is 414 g/mol. The lowest BCUT2D eigenvalue weighted by Crippen LogP contribution is -2.13. The number of benzene rings is 1. The minimum absolute atomic E-state index is 0.310. The fourth-order valence-electron chi connectivity index (χ4n) is 3.63. The van der Waals surface area contributed by atoms with Crippen LogP contribution in [0.4, 0.5) is 5.82 Å². The maximum atomic E-state index is 12.6. The zero-order chi connectivity index (χ0) is 22.9. The van der Waals surface area contributed by atoms with Crippen molar-refractivity contribution in [1.29, 1.82) is 0 Å². The Labute approximate surface area is 190 Å². The van der Waals surface area contributed by atoms with Gasteiger partial charge in [0, 0.05) is 30.6 Å². The van der Waals surface area contributed by atoms with Gasteiger partial charge in [-0.05, 0) is 37.1 Å². The van der Waals surface area contributed by atoms with Crippen molar-refractivity contribution in [2.75, 3.05) is 5.32 Å². The number of imidazole rings is 1. The number of carbonyl (C=O) groups is 1. The van der Waals surface area contributed by atoms with Crippen LogP contribution in [0.25, 0.3) is 28.2 Å². The van der Waals surface area contributed by atoms with E-state index < -0.39 is 0 Å². The largest absolute Gasteiger partial charge is 0.304 e. The molecule has 0 aliphatic rings. The molecule has 0 spiro atoms. The van der Waals surface area contributed by atoms with Gasteiger partial charge in [0.25, 0.3) is 5.91 Å². The summed E-state index contributed by atoms with van der Waals surface area (Å²) < 4.78 is 3.44. The lowest BCUT2D eigenvalue weighted by atomic mass is 10.0. The molecule has 8 nitrogen and oxygen atoms in total. The Balaban J connectivity index is 1.44. The monoisotopic (exact) mass is 437 g/mol. The zero-order valence-electron chi connectivity index (χ0n) is 18.6. The van der Waals surface area contributed by atoms with E-state index in [9.17, 15) is 4.79 Å². The number of fused-ring (bicyclic) bond motifs is 1. The molecule has 0 radical (unpaired) electrons. The first-order chi connectivity index (χ1) is 16.0. The van der Waals surface area contributed by atoms with Crippen LogP contribution in [0.2, 0.25) is 0 Å². The van der Waals surface area contributed by atoms with E-state index in [2.05, 4.69) is 51.6 Å². The van der Waals surface area contributed by atoms with Crippen LogP contribution in [0.3, 0.4) is 0 Å². The Morgan fingerprint density at radius 3 is 2.55 bits per heavy atom. The first-order valence-corrected chi connectivity index (χ1v) is 10.7. The average molecular weight is 438 g/mol. The van der Waals surface area contributed by atoms with Crippen molar-refractivity contribution in [2.45, 2.75) is 20.3 Å². The molecule has 4 heterocycles. The van der Waals surface area contributed by atoms with E-state index in [0.717, 1.165) is 34.5 Å². The van der Waals surface area contributed by atoms with Crippen molar-refractivity contribution < 1.29 is 4.79 Å². The van der Waals surface area contributed by atoms with Gasteiger partial charge in [-0.2, -0.15) is 10.2 Å². The maximum absolute atomic E-state index is 12.6. The van der Waals surface area contributed by atoms with E-state index in [0.29, 0.717) is 17.2 Å². The Morgan fingerprint density at radius 2 is 1.82 bits per heavy atom. The molecule has 0 aliphatic heterocycles. The van der Waals surface area contributed by atoms with Crippen molar-refractivity contribution in [2.24, 2.45) is 7.05 Å². The van der Waals surface area contributed by atoms with Crippen LogP contribution in [0, 0.1) is 6.92 Å². The number of nitrogens with zero attached hydrogens (tertiary/aromatic N) is 6. The minimum atomic E-state index is -0.310. The number of amides is 1. The third-order valence-electron chi connectivity index (χ3n) is 5.46. The predicted molar refractivity (Wildman–Crippen MR) is 127 cm³/mol. The quantitative estimate of drug-likeness (QED) is 0.442. The summed E-state index contributed by atoms with van der Waals surface area (Å²) in [6.45, 7) is 4.11. The van der Waals surface area contributed by atoms with Crippen LogP contribution in [0.15, 0.2) is 67.1 Å². The second kappa shape index (κ2) is 8.31. The van der Waals surface area contributed by atoms with Crippen LogP contribution < -0.4 is 5.32 Å². The second-order valence-corrected chi connectivity index (χ2v) is 7.94. The molecule has 8 heteroatoms. The molecule has 5 rings (SSSR count). The number of nitrogens with one attached hydrogen (secondary N) is 1. The summed E-state index contributed by atoms with van der Waals surface area (Å²) in [7, 11) is 1.89. The number of carbonyl (C=O) groups excluding carboxylic acids is 1. The first-order valence-electron chi connectivity index (χ1n) is 10.7. The number of hydrogen-bond donors (Lipinski definition) is 1. The van der Waals surface area contributed by atoms with Gasteiger partial charge in [-0.3, -0.25) is 14.5 Å². The van der Waals surface area contributed by atoms with E-state index in [-0.39, 0.29) is 5.91 Å². The standard InChI is InChI=1S/C25H23N7O/c1-4-17-7-10-21(26-13-17)25(33)28-22-15-32-23(27-22)12-11-20(29-32)19-14-31(3)30-24(19)18-8-5-16(2)6-9-18/h5-15H,4H2,1-3H3,(H,28,33). The van der Waals surface area contributed by atoms with Gasteiger partial charge in [-0.15, -0.1) is 0 Å². The number of rotatable bonds is 5. The molecule has 4 aromatic heterocycles. The van der Waals surface area contributed by atoms with E-state index in [4.69, 9.17) is 5.10 Å². The molecule has 5 aromatic rings. The molecule has 0 fully saturated rings. The second-order valence-electron chi connectivity index (χ2n) is 7.94. The summed E-state index contributed by atoms with van der Waals surface area (Å²) in [5.74, 6) is 0.103. The molecule has 1 N–H and O–H groups in total. The number of aryl methyl sites for hydroxylation is 3. The van der Waals surface area contributed by atoms with Crippen molar-refractivity contribution in [3.63, 3.8) is 0 Å². The highest BCUT2D eigenvalue weighted by molar-refractivity contribution is 6.02. The SMILES string of the molecule is CCc1ccc(C(=O)Nc2cn3nc(-c4cn(C)nc4-c4ccc(C)cc4)ccc3n2)nc1. The molecule has 0 saturated heterocycles. The minimum Gasteiger partial charge on any atom is -0.304 e. The van der Waals surface area contributed by atoms with Crippen LogP contribution in [0.5, 0.6) is 0 Å². The maximum Gasteiger partial charge on any atom is 0.275 e. The Morgan fingerprint density at radius 1 is 1.00 bits per heavy atom. The molecule has 1 amide bonds. The predicted octanol–water partition coefficient (Wildman–Crippen LogP) is 4.31. The molecule has 0 unspecified atom stereocenters. The zero-order valence-corrected chi connectivity index (χ0v) is 18.6. The van der Waals surface area contributed by atoms with Gasteiger partial charge in [0.2, 0.25) is 0 Å². The normalized spacial score (nSPS) is 11.1. The fourth-order valence-corrected chi connectivity index (χ4v) is 3.63. The summed E-state index contributed by atoms with van der Waals surface area (Å²) in [6, 6.07) is 15.7. The number of aromatic nitrogens is 6. The van der Waals surface area contributed by atoms with Gasteiger partial charge in [-0.1, -0.05) is 42.8 Å². The highest BCUT2D eigenvalue weighted by atomic mass is 16.1. The molecule has 0 saturated carbocycles. The Hall–Kier alpha value is -4.33. The Bertz CT molecular complexity index is 1450. The number of hydrogen-bond acceptors (Lipinski definition) is 5. The van der Waals surface area contributed by atoms with Crippen LogP contribution >= 0.6 is 0 Å². The fraction of sp³-hybridized carbons (Fsp3) is 0.160. The van der Waals surface area contributed by atoms with Gasteiger partial charge in [0.1, 0.15) is 11.4 Å². The van der Waals surface area contributed by atoms with Gasteiger partial charge in [0.15, 0.2) is 11.5 Å². The van der Waals surface area contributed by atoms with Gasteiger partial charge in [0.05, 0.1) is 11.9 Å². The van der Waals surface area contributed by atoms with Crippen LogP contribution in [-0.4, -0.2) is 35.3 Å². The topological polar surface area (TPSA) is 90.0 Å². The molecule has 0 atom stereocenters. The number of anilines is 1. The van der Waals surface area contributed by atoms with E-state index >= 15 is 0 Å². The van der Waals surface area contributed by atoms with E-state index in [1.165, 1.54) is 5.56 Å². The molecular formula is C25H23N7O.